The first-order valence-corrected chi connectivity index (χ1v) is 41.4. The summed E-state index contributed by atoms with van der Waals surface area (Å²) in [6.45, 7) is 1.88. The highest BCUT2D eigenvalue weighted by atomic mass is 35.5. The van der Waals surface area contributed by atoms with Crippen LogP contribution in [0.25, 0.3) is 11.1 Å². The van der Waals surface area contributed by atoms with Gasteiger partial charge in [-0.3, -0.25) is 33.6 Å². The molecule has 8 aliphatic heterocycles. The number of aliphatic hydroxyl groups excluding tert-OH is 8. The number of phenolic OH excluding ortho intramolecular Hbond substituents is 4. The summed E-state index contributed by atoms with van der Waals surface area (Å²) in [5.41, 5.74) is -3.02. The number of hydrogen-bond donors (Lipinski definition) is 21. The Bertz CT molecular complexity index is 5580. The quantitative estimate of drug-likeness (QED) is 0.0501. The first kappa shape index (κ1) is 91.4. The maximum absolute atomic E-state index is 16.8. The van der Waals surface area contributed by atoms with Crippen LogP contribution in [0.4, 0.5) is 4.79 Å². The van der Waals surface area contributed by atoms with Gasteiger partial charge in [-0.05, 0) is 130 Å². The van der Waals surface area contributed by atoms with Gasteiger partial charge in [-0.2, -0.15) is 0 Å². The van der Waals surface area contributed by atoms with Gasteiger partial charge < -0.3 is 147 Å². The van der Waals surface area contributed by atoms with Gasteiger partial charge in [-0.1, -0.05) is 117 Å². The number of carboxylic acid groups (broad SMARTS) is 1. The van der Waals surface area contributed by atoms with E-state index in [1.807, 2.05) is 0 Å². The van der Waals surface area contributed by atoms with Crippen molar-refractivity contribution in [2.75, 3.05) is 13.2 Å². The summed E-state index contributed by atoms with van der Waals surface area (Å²) in [4.78, 5) is 138. The number of aromatic hydroxyl groups is 4. The van der Waals surface area contributed by atoms with Crippen LogP contribution in [0.1, 0.15) is 133 Å². The van der Waals surface area contributed by atoms with Crippen LogP contribution in [0.2, 0.25) is 10.0 Å². The van der Waals surface area contributed by atoms with E-state index in [4.69, 9.17) is 61.1 Å². The van der Waals surface area contributed by atoms with Gasteiger partial charge in [-0.25, -0.2) is 9.59 Å². The van der Waals surface area contributed by atoms with E-state index in [-0.39, 0.29) is 46.2 Å². The Morgan fingerprint density at radius 2 is 1.12 bits per heavy atom. The number of carbonyl (C=O) groups is 9. The summed E-state index contributed by atoms with van der Waals surface area (Å²) in [6.07, 6.45) is -18.3. The molecule has 0 radical (unpaired) electrons. The molecule has 8 aromatic carbocycles. The monoisotopic (exact) mass is 1810 g/mol. The lowest BCUT2D eigenvalue weighted by Crippen LogP contribution is -2.65. The topological polar surface area (TPSA) is 587 Å². The average Bonchev–Trinajstić information content (AvgIpc) is 0.758. The molecule has 128 heavy (non-hydrogen) atoms. The van der Waals surface area contributed by atoms with Gasteiger partial charge in [0, 0.05) is 41.7 Å². The van der Waals surface area contributed by atoms with Crippen LogP contribution in [0, 0.1) is 5.92 Å². The normalized spacial score (nSPS) is 25.7. The second-order valence-electron chi connectivity index (χ2n) is 31.8. The van der Waals surface area contributed by atoms with E-state index >= 15 is 28.8 Å². The minimum Gasteiger partial charge on any atom is -0.508 e. The third-order valence-electron chi connectivity index (χ3n) is 22.3. The zero-order valence-corrected chi connectivity index (χ0v) is 69.4. The number of rotatable bonds is 18. The van der Waals surface area contributed by atoms with Gasteiger partial charge in [0.15, 0.2) is 29.0 Å². The van der Waals surface area contributed by atoms with Crippen molar-refractivity contribution in [3.05, 3.63) is 200 Å². The number of hydrogen-bond acceptors (Lipinski definition) is 29. The van der Waals surface area contributed by atoms with Crippen LogP contribution in [0.3, 0.4) is 0 Å². The highest BCUT2D eigenvalue weighted by molar-refractivity contribution is 6.32. The Morgan fingerprint density at radius 1 is 0.516 bits per heavy atom. The van der Waals surface area contributed by atoms with Crippen LogP contribution in [0.5, 0.6) is 69.0 Å². The van der Waals surface area contributed by atoms with E-state index in [1.54, 1.807) is 30.3 Å². The molecule has 21 N–H and O–H groups in total. The second kappa shape index (κ2) is 39.2. The molecule has 0 saturated carbocycles. The largest absolute Gasteiger partial charge is 0.508 e. The summed E-state index contributed by atoms with van der Waals surface area (Å²) in [6, 6.07) is 11.5. The summed E-state index contributed by atoms with van der Waals surface area (Å²) in [5, 5.41) is 168. The Morgan fingerprint density at radius 3 is 1.79 bits per heavy atom. The predicted octanol–water partition coefficient (Wildman–Crippen LogP) is 5.02. The van der Waals surface area contributed by atoms with E-state index in [1.165, 1.54) is 24.3 Å². The van der Waals surface area contributed by atoms with Crippen LogP contribution in [0.15, 0.2) is 146 Å². The van der Waals surface area contributed by atoms with Crippen molar-refractivity contribution in [3.63, 3.8) is 0 Å². The number of alkyl carbamates (subject to hydrolysis) is 1. The molecule has 0 spiro atoms. The lowest BCUT2D eigenvalue weighted by Gasteiger charge is -2.42. The fraction of sp³-hybridized carbons (Fsp3) is 0.352. The number of halogens is 2. The zero-order chi connectivity index (χ0) is 91.4. The molecular formula is C88H90Cl2N8O30. The number of aliphatic hydroxyl groups is 8. The number of carboxylic acids is 1. The minimum atomic E-state index is -2.47. The van der Waals surface area contributed by atoms with Crippen LogP contribution in [-0.4, -0.2) is 206 Å². The molecule has 38 nitrogen and oxygen atoms in total. The molecule has 17 bridgehead atoms. The molecule has 18 atom stereocenters. The molecule has 40 heteroatoms. The summed E-state index contributed by atoms with van der Waals surface area (Å²) in [7, 11) is 0. The molecule has 8 aromatic rings. The summed E-state index contributed by atoms with van der Waals surface area (Å²) in [5.74, 6) is -17.7. The maximum Gasteiger partial charge on any atom is 0.408 e. The van der Waals surface area contributed by atoms with E-state index < -0.39 is 279 Å². The third kappa shape index (κ3) is 20.3. The van der Waals surface area contributed by atoms with Crippen molar-refractivity contribution < 1.29 is 147 Å². The molecule has 8 aliphatic rings. The van der Waals surface area contributed by atoms with Crippen molar-refractivity contribution >= 4 is 76.6 Å². The minimum absolute atomic E-state index is 0.0825. The molecule has 0 aliphatic carbocycles. The van der Waals surface area contributed by atoms with Gasteiger partial charge in [0.2, 0.25) is 59.7 Å². The molecule has 2 fully saturated rings. The fourth-order valence-corrected chi connectivity index (χ4v) is 16.1. The number of nitrogens with one attached hydrogen (secondary N) is 8. The number of amides is 8. The van der Waals surface area contributed by atoms with Crippen LogP contribution in [-0.2, 0) is 65.6 Å². The summed E-state index contributed by atoms with van der Waals surface area (Å²) >= 11 is 14.5. The number of phenols is 4. The van der Waals surface area contributed by atoms with Gasteiger partial charge in [0.25, 0.3) is 0 Å². The predicted molar refractivity (Wildman–Crippen MR) is 444 cm³/mol. The fourth-order valence-electron chi connectivity index (χ4n) is 15.6. The summed E-state index contributed by atoms with van der Waals surface area (Å²) < 4.78 is 50.0. The molecule has 0 aromatic heterocycles. The molecule has 8 amide bonds. The number of fused-ring (bicyclic) bond motifs is 14. The Kier molecular flexibility index (Phi) is 28.0. The lowest BCUT2D eigenvalue weighted by atomic mass is 9.89. The molecule has 8 heterocycles. The smallest absolute Gasteiger partial charge is 0.408 e. The number of carbonyl (C=O) groups excluding carboxylic acids is 8. The van der Waals surface area contributed by atoms with Crippen molar-refractivity contribution in [3.8, 4) is 80.1 Å². The standard InChI is InChI=1S/C88H90Cl2N8O30/c1-37(2)10-6-3-4-9-13-63(105)92-71-75(109)73(107)61(34-99)126-86(71)128-78-59-29-44-30-60(78)124-56-21-17-42(27-51(56)90)72(106)70-84(117)96-69(85(118)119)49-32-46(102)33-58(125-87-77(111)76(110)74(108)62(35-100)127-87)64(49)48-26-40(15-18-53(48)103)65(81(114)97-70)94-83(116)68(44)95-82(115)67-43-24-45(101)31-47(25-43)122-57-28-41(16-19-54(57)104)66(98-88(120)121-36-38-11-7-5-8-12-38)80(113)91-52(79(112)93-67)23-39-14-20-55(123-59)50(89)22-39/h5,7-8,11-12,14-22,24-33,37,52,61-62,65-77,86-87,99-104,106-111H,3-4,6,9-10,13,23,34-36H2,1-2H3,(H,91,113)(H,92,105)(H,93,112)(H,94,116)(H,95,115)(H,96,117)(H,97,114)(H,98,120)(H,118,119)/t52-,61-,62-,65-,66+,67+,68-,69+,70+,71-,72-,73-,74-,75-,76+,77+,86+,87+/m1/s1. The van der Waals surface area contributed by atoms with Crippen molar-refractivity contribution in [1.82, 2.24) is 42.5 Å². The van der Waals surface area contributed by atoms with E-state index in [0.29, 0.717) is 24.3 Å². The van der Waals surface area contributed by atoms with Crippen molar-refractivity contribution in [1.29, 1.82) is 0 Å². The first-order valence-electron chi connectivity index (χ1n) is 40.6. The average molecular weight is 1810 g/mol. The van der Waals surface area contributed by atoms with Gasteiger partial charge in [-0.15, -0.1) is 0 Å². The number of aliphatic carboxylic acids is 1. The van der Waals surface area contributed by atoms with Gasteiger partial charge in [0.05, 0.1) is 23.3 Å². The molecular weight excluding hydrogens is 1720 g/mol. The second-order valence-corrected chi connectivity index (χ2v) is 32.6. The van der Waals surface area contributed by atoms with E-state index in [9.17, 15) is 80.8 Å². The van der Waals surface area contributed by atoms with E-state index in [0.717, 1.165) is 110 Å². The van der Waals surface area contributed by atoms with Crippen molar-refractivity contribution in [2.45, 2.75) is 175 Å². The van der Waals surface area contributed by atoms with Crippen molar-refractivity contribution in [2.24, 2.45) is 5.92 Å². The number of ether oxygens (including phenoxy) is 8. The number of benzene rings is 8. The lowest BCUT2D eigenvalue weighted by molar-refractivity contribution is -0.277. The third-order valence-corrected chi connectivity index (χ3v) is 22.9. The maximum atomic E-state index is 16.8. The Balaban J connectivity index is 0.980. The van der Waals surface area contributed by atoms with E-state index in [2.05, 4.69) is 56.4 Å². The molecule has 0 unspecified atom stereocenters. The molecule has 16 rings (SSSR count). The Hall–Kier alpha value is -12.8. The first-order chi connectivity index (χ1) is 61.2. The molecule has 676 valence electrons. The highest BCUT2D eigenvalue weighted by Crippen LogP contribution is 2.51. The van der Waals surface area contributed by atoms with Crippen LogP contribution >= 0.6 is 23.2 Å². The van der Waals surface area contributed by atoms with Gasteiger partial charge >= 0.3 is 12.1 Å². The Labute approximate surface area is 737 Å². The number of unbranched alkanes of at least 4 members (excludes halogenated alkanes) is 3. The SMILES string of the molecule is CC(C)CCCCCCC(=O)N[C@H]1[C@H](Oc2c3cc4cc2Oc2ccc(cc2Cl)[C@@H](O)[C@@H]2NC(=O)[C@H](NC(=O)[C@@H]4NC(=O)[C@H]4NC(=O)[C@@H](Cc5ccc(c(Cl)c5)O3)NC(=O)[C@@H](NC(=O)OCc3ccccc3)c3ccc(O)c(c3)Oc3cc(O)cc4c3)c3ccc(O)c(c3)-c3c(O[C@H]4O[C@H](CO)[C@@H](O)[C@H](O)[C@@H]4O)cc(O)cc3[C@@H](C(=O)O)NC2=O)O[C@H](CO)[C@@H](O)[C@@H]1O. The van der Waals surface area contributed by atoms with Gasteiger partial charge in [0.1, 0.15) is 138 Å². The van der Waals surface area contributed by atoms with Crippen LogP contribution < -0.4 is 66.2 Å². The molecule has 2 saturated heterocycles. The highest BCUT2D eigenvalue weighted by Gasteiger charge is 2.50. The zero-order valence-electron chi connectivity index (χ0n) is 67.9.